The topological polar surface area (TPSA) is 238 Å². The zero-order valence-electron chi connectivity index (χ0n) is 34.9. The van der Waals surface area contributed by atoms with Gasteiger partial charge in [0, 0.05) is 49.3 Å². The molecule has 0 spiro atoms. The maximum atomic E-state index is 14.5. The first-order valence-corrected chi connectivity index (χ1v) is 21.9. The van der Waals surface area contributed by atoms with Crippen LogP contribution in [0.2, 0.25) is 0 Å². The summed E-state index contributed by atoms with van der Waals surface area (Å²) < 4.78 is 77.7. The van der Waals surface area contributed by atoms with Crippen molar-refractivity contribution in [1.82, 2.24) is 40.9 Å². The third kappa shape index (κ3) is 12.7. The van der Waals surface area contributed by atoms with E-state index in [0.29, 0.717) is 60.9 Å². The summed E-state index contributed by atoms with van der Waals surface area (Å²) >= 11 is 0. The summed E-state index contributed by atoms with van der Waals surface area (Å²) in [7, 11) is -4.39. The SMILES string of the molecule is CC(C)(C)OC(=O)NCC1CCC(C(=O)N[C@@H](Cc2ccc(-c3ccc(S(=O)(=O)NC4CCN(C(=O)O)CC4)cc3C(F)(F)F)cc2)C(=O)Nc2ccc(-c3nn[nH]n3)cc2)CC1. The van der Waals surface area contributed by atoms with Crippen LogP contribution < -0.4 is 20.7 Å². The van der Waals surface area contributed by atoms with Crippen LogP contribution in [0.3, 0.4) is 0 Å². The number of alkyl halides is 3. The molecule has 1 atom stereocenters. The fourth-order valence-electron chi connectivity index (χ4n) is 7.59. The number of hydrogen-bond acceptors (Lipinski definition) is 10. The number of hydrogen-bond donors (Lipinski definition) is 6. The second kappa shape index (κ2) is 19.5. The first-order chi connectivity index (χ1) is 29.7. The zero-order chi connectivity index (χ0) is 45.5. The lowest BCUT2D eigenvalue weighted by Crippen LogP contribution is -2.48. The number of amides is 4. The summed E-state index contributed by atoms with van der Waals surface area (Å²) in [6, 6.07) is 13.6. The van der Waals surface area contributed by atoms with Gasteiger partial charge in [0.25, 0.3) is 0 Å². The van der Waals surface area contributed by atoms with Crippen LogP contribution in [0.25, 0.3) is 22.5 Å². The number of sulfonamides is 1. The molecule has 2 heterocycles. The Morgan fingerprint density at radius 2 is 1.56 bits per heavy atom. The van der Waals surface area contributed by atoms with E-state index in [0.717, 1.165) is 17.0 Å². The van der Waals surface area contributed by atoms with Crippen LogP contribution in [-0.4, -0.2) is 100 Å². The largest absolute Gasteiger partial charge is 0.465 e. The summed E-state index contributed by atoms with van der Waals surface area (Å²) in [4.78, 5) is 51.5. The second-order valence-electron chi connectivity index (χ2n) is 16.7. The van der Waals surface area contributed by atoms with Crippen LogP contribution >= 0.6 is 0 Å². The fraction of sp³-hybridized carbons (Fsp3) is 0.452. The van der Waals surface area contributed by atoms with Crippen LogP contribution in [0.5, 0.6) is 0 Å². The molecule has 2 aliphatic rings. The number of aromatic nitrogens is 4. The fourth-order valence-corrected chi connectivity index (χ4v) is 8.93. The Bertz CT molecular complexity index is 2340. The average Bonchev–Trinajstić information content (AvgIpc) is 3.78. The number of halogens is 3. The predicted octanol–water partition coefficient (Wildman–Crippen LogP) is 5.97. The highest BCUT2D eigenvalue weighted by Gasteiger charge is 2.36. The number of aromatic amines is 1. The maximum absolute atomic E-state index is 14.5. The number of anilines is 1. The quantitative estimate of drug-likeness (QED) is 0.0914. The van der Waals surface area contributed by atoms with Crippen molar-refractivity contribution in [2.45, 2.75) is 94.5 Å². The number of nitrogens with zero attached hydrogens (tertiary/aromatic N) is 4. The van der Waals surface area contributed by atoms with Crippen LogP contribution in [0.1, 0.15) is 70.4 Å². The summed E-state index contributed by atoms with van der Waals surface area (Å²) in [6.07, 6.45) is -3.89. The molecule has 1 aliphatic heterocycles. The monoisotopic (exact) mass is 897 g/mol. The van der Waals surface area contributed by atoms with Gasteiger partial charge in [-0.2, -0.15) is 18.4 Å². The molecule has 21 heteroatoms. The number of nitrogens with one attached hydrogen (secondary N) is 5. The van der Waals surface area contributed by atoms with Crippen molar-refractivity contribution in [1.29, 1.82) is 0 Å². The van der Waals surface area contributed by atoms with Gasteiger partial charge in [-0.05, 0) is 124 Å². The molecule has 63 heavy (non-hydrogen) atoms. The number of piperidine rings is 1. The molecule has 4 amide bonds. The Morgan fingerprint density at radius 1 is 0.905 bits per heavy atom. The van der Waals surface area contributed by atoms with Crippen molar-refractivity contribution in [3.8, 4) is 22.5 Å². The number of carboxylic acid groups (broad SMARTS) is 1. The van der Waals surface area contributed by atoms with E-state index in [1.54, 1.807) is 57.2 Å². The molecule has 3 aromatic carbocycles. The van der Waals surface area contributed by atoms with E-state index in [1.807, 2.05) is 0 Å². The van der Waals surface area contributed by atoms with Crippen molar-refractivity contribution in [2.75, 3.05) is 25.0 Å². The molecule has 1 aromatic heterocycles. The van der Waals surface area contributed by atoms with Crippen LogP contribution in [-0.2, 0) is 36.9 Å². The van der Waals surface area contributed by atoms with Crippen molar-refractivity contribution in [3.63, 3.8) is 0 Å². The minimum Gasteiger partial charge on any atom is -0.465 e. The highest BCUT2D eigenvalue weighted by Crippen LogP contribution is 2.39. The molecule has 6 rings (SSSR count). The predicted molar refractivity (Wildman–Crippen MR) is 223 cm³/mol. The van der Waals surface area contributed by atoms with E-state index in [9.17, 15) is 45.9 Å². The average molecular weight is 898 g/mol. The Kier molecular flexibility index (Phi) is 14.4. The van der Waals surface area contributed by atoms with Crippen molar-refractivity contribution in [3.05, 3.63) is 77.9 Å². The molecule has 1 saturated carbocycles. The lowest BCUT2D eigenvalue weighted by Gasteiger charge is -2.30. The molecule has 6 N–H and O–H groups in total. The third-order valence-corrected chi connectivity index (χ3v) is 12.5. The van der Waals surface area contributed by atoms with Gasteiger partial charge in [0.2, 0.25) is 27.7 Å². The number of H-pyrrole nitrogens is 1. The van der Waals surface area contributed by atoms with Crippen molar-refractivity contribution < 1.29 is 50.6 Å². The summed E-state index contributed by atoms with van der Waals surface area (Å²) in [5, 5.41) is 31.5. The molecular formula is C42H50F3N9O8S. The Balaban J connectivity index is 1.15. The van der Waals surface area contributed by atoms with Gasteiger partial charge < -0.3 is 30.7 Å². The van der Waals surface area contributed by atoms with Crippen LogP contribution in [0.15, 0.2) is 71.6 Å². The van der Waals surface area contributed by atoms with Gasteiger partial charge in [-0.15, -0.1) is 10.2 Å². The molecule has 0 radical (unpaired) electrons. The normalized spacial score (nSPS) is 18.0. The highest BCUT2D eigenvalue weighted by atomic mass is 32.2. The summed E-state index contributed by atoms with van der Waals surface area (Å²) in [6.45, 7) is 5.89. The van der Waals surface area contributed by atoms with Crippen molar-refractivity contribution in [2.24, 2.45) is 11.8 Å². The standard InChI is InChI=1S/C42H50F3N9O8S/c1-41(2,3)62-39(57)46-24-26-6-10-29(11-7-26)37(55)48-35(38(56)47-30-14-12-28(13-15-30)36-49-52-53-50-36)22-25-4-8-27(9-5-25)33-17-16-32(23-34(33)42(43,44)45)63(60,61)51-31-18-20-54(21-19-31)40(58)59/h4-5,8-9,12-17,23,26,29,31,35,51H,6-7,10-11,18-22,24H2,1-3H3,(H,46,57)(H,47,56)(H,48,55)(H,58,59)(H,49,50,52,53)/t26?,29?,35-/m0/s1. The minimum absolute atomic E-state index is 0.0195. The number of carbonyl (C=O) groups is 4. The summed E-state index contributed by atoms with van der Waals surface area (Å²) in [5.74, 6) is -0.776. The van der Waals surface area contributed by atoms with Gasteiger partial charge >= 0.3 is 18.4 Å². The van der Waals surface area contributed by atoms with Crippen molar-refractivity contribution >= 4 is 39.7 Å². The number of benzene rings is 3. The Morgan fingerprint density at radius 3 is 2.14 bits per heavy atom. The van der Waals surface area contributed by atoms with Crippen LogP contribution in [0, 0.1) is 11.8 Å². The van der Waals surface area contributed by atoms with E-state index >= 15 is 0 Å². The first-order valence-electron chi connectivity index (χ1n) is 20.5. The molecular weight excluding hydrogens is 848 g/mol. The van der Waals surface area contributed by atoms with Gasteiger partial charge in [-0.25, -0.2) is 22.7 Å². The third-order valence-electron chi connectivity index (χ3n) is 10.9. The number of carbonyl (C=O) groups excluding carboxylic acids is 3. The number of alkyl carbamates (subject to hydrolysis) is 1. The van der Waals surface area contributed by atoms with Gasteiger partial charge in [-0.1, -0.05) is 30.3 Å². The van der Waals surface area contributed by atoms with Crippen LogP contribution in [0.4, 0.5) is 28.4 Å². The molecule has 0 bridgehead atoms. The lowest BCUT2D eigenvalue weighted by atomic mass is 9.81. The zero-order valence-corrected chi connectivity index (χ0v) is 35.7. The minimum atomic E-state index is -4.93. The second-order valence-corrected chi connectivity index (χ2v) is 18.4. The van der Waals surface area contributed by atoms with E-state index in [4.69, 9.17) is 4.74 Å². The highest BCUT2D eigenvalue weighted by molar-refractivity contribution is 7.89. The van der Waals surface area contributed by atoms with E-state index < -0.39 is 68.4 Å². The number of rotatable bonds is 13. The Hall–Kier alpha value is -6.09. The molecule has 4 aromatic rings. The van der Waals surface area contributed by atoms with Gasteiger partial charge in [0.15, 0.2) is 0 Å². The van der Waals surface area contributed by atoms with Gasteiger partial charge in [0.1, 0.15) is 11.6 Å². The smallest absolute Gasteiger partial charge is 0.417 e. The Labute approximate surface area is 362 Å². The number of ether oxygens (including phenoxy) is 1. The number of likely N-dealkylation sites (tertiary alicyclic amines) is 1. The van der Waals surface area contributed by atoms with Gasteiger partial charge in [0.05, 0.1) is 10.5 Å². The lowest BCUT2D eigenvalue weighted by molar-refractivity contribution is -0.137. The maximum Gasteiger partial charge on any atom is 0.417 e. The summed E-state index contributed by atoms with van der Waals surface area (Å²) in [5.41, 5.74) is -0.367. The molecule has 17 nitrogen and oxygen atoms in total. The van der Waals surface area contributed by atoms with E-state index in [2.05, 4.69) is 41.3 Å². The molecule has 2 fully saturated rings. The number of tetrazole rings is 1. The molecule has 0 unspecified atom stereocenters. The molecule has 1 saturated heterocycles. The first kappa shape index (κ1) is 46.4. The van der Waals surface area contributed by atoms with E-state index in [-0.39, 0.29) is 55.3 Å². The molecule has 338 valence electrons. The van der Waals surface area contributed by atoms with Gasteiger partial charge in [-0.3, -0.25) is 9.59 Å². The molecule has 1 aliphatic carbocycles. The van der Waals surface area contributed by atoms with E-state index in [1.165, 1.54) is 12.1 Å².